The minimum atomic E-state index is -0.0722. The van der Waals surface area contributed by atoms with Gasteiger partial charge in [0.2, 0.25) is 5.96 Å². The van der Waals surface area contributed by atoms with Crippen molar-refractivity contribution in [3.63, 3.8) is 0 Å². The number of benzene rings is 1. The third-order valence-corrected chi connectivity index (χ3v) is 2.73. The molecule has 0 aliphatic heterocycles. The van der Waals surface area contributed by atoms with E-state index >= 15 is 0 Å². The first-order valence-electron chi connectivity index (χ1n) is 5.95. The van der Waals surface area contributed by atoms with Gasteiger partial charge in [0.05, 0.1) is 0 Å². The molecular formula is C13H21N5. The van der Waals surface area contributed by atoms with E-state index in [0.717, 1.165) is 0 Å². The molecule has 0 bridgehead atoms. The highest BCUT2D eigenvalue weighted by Gasteiger charge is 2.14. The van der Waals surface area contributed by atoms with Crippen molar-refractivity contribution in [2.45, 2.75) is 19.8 Å². The molecule has 0 spiro atoms. The van der Waals surface area contributed by atoms with Crippen LogP contribution >= 0.6 is 0 Å². The van der Waals surface area contributed by atoms with Crippen molar-refractivity contribution in [1.29, 1.82) is 0 Å². The lowest BCUT2D eigenvalue weighted by Crippen LogP contribution is -2.26. The number of nitrogens with two attached hydrogens (primary N) is 3. The third kappa shape index (κ3) is 4.45. The van der Waals surface area contributed by atoms with Gasteiger partial charge in [-0.05, 0) is 11.5 Å². The molecule has 0 heterocycles. The fraction of sp³-hybridized carbons (Fsp3) is 0.385. The zero-order valence-corrected chi connectivity index (χ0v) is 10.9. The van der Waals surface area contributed by atoms with Crippen molar-refractivity contribution in [3.05, 3.63) is 35.9 Å². The van der Waals surface area contributed by atoms with Crippen molar-refractivity contribution in [2.75, 3.05) is 6.54 Å². The molecule has 0 aliphatic rings. The van der Waals surface area contributed by atoms with Gasteiger partial charge in [-0.1, -0.05) is 44.2 Å². The van der Waals surface area contributed by atoms with Crippen LogP contribution in [0.25, 0.3) is 0 Å². The van der Waals surface area contributed by atoms with Crippen LogP contribution in [0.3, 0.4) is 0 Å². The monoisotopic (exact) mass is 247 g/mol. The highest BCUT2D eigenvalue weighted by atomic mass is 15.1. The lowest BCUT2D eigenvalue weighted by Gasteiger charge is -2.19. The van der Waals surface area contributed by atoms with Gasteiger partial charge in [0, 0.05) is 12.5 Å². The Labute approximate surface area is 108 Å². The van der Waals surface area contributed by atoms with E-state index in [4.69, 9.17) is 17.2 Å². The second-order valence-electron chi connectivity index (χ2n) is 4.50. The molecule has 1 rings (SSSR count). The number of hydrogen-bond acceptors (Lipinski definition) is 1. The fourth-order valence-corrected chi connectivity index (χ4v) is 1.76. The van der Waals surface area contributed by atoms with E-state index in [9.17, 15) is 0 Å². The first kappa shape index (κ1) is 14.0. The lowest BCUT2D eigenvalue weighted by atomic mass is 9.88. The molecule has 98 valence electrons. The molecule has 18 heavy (non-hydrogen) atoms. The summed E-state index contributed by atoms with van der Waals surface area (Å²) < 4.78 is 0. The molecule has 1 unspecified atom stereocenters. The van der Waals surface area contributed by atoms with Gasteiger partial charge in [-0.2, -0.15) is 4.99 Å². The zero-order chi connectivity index (χ0) is 13.5. The van der Waals surface area contributed by atoms with Crippen LogP contribution in [0.15, 0.2) is 40.3 Å². The van der Waals surface area contributed by atoms with Crippen LogP contribution in [0.4, 0.5) is 0 Å². The Bertz CT molecular complexity index is 418. The summed E-state index contributed by atoms with van der Waals surface area (Å²) in [6, 6.07) is 10.2. The summed E-state index contributed by atoms with van der Waals surface area (Å²) in [6.07, 6.45) is 0. The normalized spacial score (nSPS) is 13.4. The fourth-order valence-electron chi connectivity index (χ4n) is 1.76. The molecule has 1 aromatic carbocycles. The van der Waals surface area contributed by atoms with E-state index in [2.05, 4.69) is 36.0 Å². The average molecular weight is 247 g/mol. The van der Waals surface area contributed by atoms with Crippen LogP contribution in [0.2, 0.25) is 0 Å². The Hall–Kier alpha value is -2.04. The Balaban J connectivity index is 2.80. The topological polar surface area (TPSA) is 103 Å². The van der Waals surface area contributed by atoms with E-state index < -0.39 is 0 Å². The molecule has 5 nitrogen and oxygen atoms in total. The van der Waals surface area contributed by atoms with Gasteiger partial charge in [0.15, 0.2) is 5.96 Å². The quantitative estimate of drug-likeness (QED) is 0.546. The largest absolute Gasteiger partial charge is 0.370 e. The molecule has 1 atom stereocenters. The number of guanidine groups is 2. The van der Waals surface area contributed by atoms with E-state index in [1.165, 1.54) is 5.56 Å². The molecular weight excluding hydrogens is 226 g/mol. The molecule has 5 heteroatoms. The maximum absolute atomic E-state index is 5.60. The van der Waals surface area contributed by atoms with Crippen LogP contribution in [-0.4, -0.2) is 18.5 Å². The van der Waals surface area contributed by atoms with Crippen molar-refractivity contribution in [3.8, 4) is 0 Å². The maximum Gasteiger partial charge on any atom is 0.218 e. The summed E-state index contributed by atoms with van der Waals surface area (Å²) in [5, 5.41) is 0. The number of rotatable bonds is 4. The molecule has 0 radical (unpaired) electrons. The Morgan fingerprint density at radius 2 is 1.72 bits per heavy atom. The average Bonchev–Trinajstić information content (AvgIpc) is 2.29. The van der Waals surface area contributed by atoms with Gasteiger partial charge in [-0.25, -0.2) is 0 Å². The van der Waals surface area contributed by atoms with Crippen LogP contribution < -0.4 is 17.2 Å². The Morgan fingerprint density at radius 1 is 1.11 bits per heavy atom. The second-order valence-corrected chi connectivity index (χ2v) is 4.50. The summed E-state index contributed by atoms with van der Waals surface area (Å²) in [6.45, 7) is 4.89. The highest BCUT2D eigenvalue weighted by molar-refractivity contribution is 5.92. The van der Waals surface area contributed by atoms with E-state index in [0.29, 0.717) is 18.4 Å². The number of hydrogen-bond donors (Lipinski definition) is 3. The highest BCUT2D eigenvalue weighted by Crippen LogP contribution is 2.24. The summed E-state index contributed by atoms with van der Waals surface area (Å²) in [5.41, 5.74) is 17.3. The zero-order valence-electron chi connectivity index (χ0n) is 10.9. The van der Waals surface area contributed by atoms with Gasteiger partial charge in [-0.15, -0.1) is 0 Å². The van der Waals surface area contributed by atoms with E-state index in [-0.39, 0.29) is 11.9 Å². The predicted octanol–water partition coefficient (Wildman–Crippen LogP) is 1.01. The van der Waals surface area contributed by atoms with Crippen molar-refractivity contribution in [1.82, 2.24) is 0 Å². The van der Waals surface area contributed by atoms with Gasteiger partial charge >= 0.3 is 0 Å². The van der Waals surface area contributed by atoms with Crippen molar-refractivity contribution >= 4 is 11.9 Å². The maximum atomic E-state index is 5.60. The molecule has 6 N–H and O–H groups in total. The molecule has 0 fully saturated rings. The molecule has 0 saturated heterocycles. The smallest absolute Gasteiger partial charge is 0.218 e. The predicted molar refractivity (Wildman–Crippen MR) is 76.3 cm³/mol. The summed E-state index contributed by atoms with van der Waals surface area (Å²) in [4.78, 5) is 7.91. The Kier molecular flexibility index (Phi) is 5.17. The van der Waals surface area contributed by atoms with E-state index in [1.54, 1.807) is 0 Å². The molecule has 0 saturated carbocycles. The van der Waals surface area contributed by atoms with Crippen molar-refractivity contribution < 1.29 is 0 Å². The second kappa shape index (κ2) is 6.64. The van der Waals surface area contributed by atoms with E-state index in [1.807, 2.05) is 18.2 Å². The number of aliphatic imine (C=N–C) groups is 2. The van der Waals surface area contributed by atoms with Gasteiger partial charge in [0.1, 0.15) is 0 Å². The molecule has 0 amide bonds. The standard InChI is InChI=1S/C13H21N5/c1-9(2)11(10-6-4-3-5-7-10)8-17-13(16)18-12(14)15/h3-7,9,11H,8H2,1-2H3,(H6,14,15,16,17,18). The van der Waals surface area contributed by atoms with Gasteiger partial charge in [0.25, 0.3) is 0 Å². The summed E-state index contributed by atoms with van der Waals surface area (Å²) in [7, 11) is 0. The minimum absolute atomic E-state index is 0.0722. The summed E-state index contributed by atoms with van der Waals surface area (Å²) >= 11 is 0. The molecule has 1 aromatic rings. The first-order valence-corrected chi connectivity index (χ1v) is 5.95. The van der Waals surface area contributed by atoms with Gasteiger partial charge < -0.3 is 17.2 Å². The molecule has 0 aliphatic carbocycles. The lowest BCUT2D eigenvalue weighted by molar-refractivity contribution is 0.507. The number of nitrogens with zero attached hydrogens (tertiary/aromatic N) is 2. The summed E-state index contributed by atoms with van der Waals surface area (Å²) in [5.74, 6) is 0.816. The van der Waals surface area contributed by atoms with Crippen LogP contribution in [0, 0.1) is 5.92 Å². The first-order chi connectivity index (χ1) is 8.50. The minimum Gasteiger partial charge on any atom is -0.370 e. The SMILES string of the molecule is CC(C)C(CN=C(N)N=C(N)N)c1ccccc1. The van der Waals surface area contributed by atoms with Crippen LogP contribution in [-0.2, 0) is 0 Å². The molecule has 0 aromatic heterocycles. The van der Waals surface area contributed by atoms with Gasteiger partial charge in [-0.3, -0.25) is 4.99 Å². The van der Waals surface area contributed by atoms with Crippen LogP contribution in [0.1, 0.15) is 25.3 Å². The van der Waals surface area contributed by atoms with Crippen LogP contribution in [0.5, 0.6) is 0 Å². The Morgan fingerprint density at radius 3 is 2.22 bits per heavy atom. The van der Waals surface area contributed by atoms with Crippen molar-refractivity contribution in [2.24, 2.45) is 33.1 Å². The third-order valence-electron chi connectivity index (χ3n) is 2.73.